The van der Waals surface area contributed by atoms with E-state index in [2.05, 4.69) is 11.8 Å². The van der Waals surface area contributed by atoms with Gasteiger partial charge in [0.05, 0.1) is 11.3 Å². The lowest BCUT2D eigenvalue weighted by Crippen LogP contribution is -2.45. The first-order chi connectivity index (χ1) is 12.2. The third kappa shape index (κ3) is 4.19. The van der Waals surface area contributed by atoms with Crippen molar-refractivity contribution in [3.63, 3.8) is 0 Å². The molecule has 2 N–H and O–H groups in total. The molecule has 0 saturated carbocycles. The molecule has 1 aromatic carbocycles. The summed E-state index contributed by atoms with van der Waals surface area (Å²) in [6, 6.07) is 1.29. The van der Waals surface area contributed by atoms with E-state index in [9.17, 15) is 31.5 Å². The largest absolute Gasteiger partial charge is 0.433 e. The Bertz CT molecular complexity index is 1060. The lowest BCUT2D eigenvalue weighted by molar-refractivity contribution is -0.143. The Kier molecular flexibility index (Phi) is 4.92. The first-order valence-electron chi connectivity index (χ1n) is 7.46. The molecule has 0 aliphatic carbocycles. The molecule has 1 heterocycles. The standard InChI is InChI=1S/C17H14F5N3O2/c1-16(2,3)5-4-10-11(18)6-9(7-12(10)19)24-14(26)8-13(17(20,21)22)25(23)15(24)27/h6-8H,23H2,1-3H3. The molecule has 0 spiro atoms. The zero-order chi connectivity index (χ0) is 20.7. The Morgan fingerprint density at radius 2 is 1.52 bits per heavy atom. The van der Waals surface area contributed by atoms with Crippen LogP contribution in [-0.4, -0.2) is 9.24 Å². The molecule has 0 atom stereocenters. The molecule has 5 nitrogen and oxygen atoms in total. The molecular formula is C17H14F5N3O2. The number of rotatable bonds is 1. The second-order valence-corrected chi connectivity index (χ2v) is 6.64. The monoisotopic (exact) mass is 387 g/mol. The van der Waals surface area contributed by atoms with Crippen LogP contribution in [0.5, 0.6) is 0 Å². The van der Waals surface area contributed by atoms with Crippen LogP contribution in [0.25, 0.3) is 5.69 Å². The van der Waals surface area contributed by atoms with Crippen molar-refractivity contribution >= 4 is 0 Å². The molecule has 0 bridgehead atoms. The summed E-state index contributed by atoms with van der Waals surface area (Å²) in [6.45, 7) is 5.15. The predicted octanol–water partition coefficient (Wildman–Crippen LogP) is 2.41. The minimum Gasteiger partial charge on any atom is -0.335 e. The summed E-state index contributed by atoms with van der Waals surface area (Å²) in [5, 5.41) is 0. The Morgan fingerprint density at radius 1 is 1.00 bits per heavy atom. The highest BCUT2D eigenvalue weighted by Gasteiger charge is 2.35. The molecule has 27 heavy (non-hydrogen) atoms. The molecule has 1 aromatic heterocycles. The van der Waals surface area contributed by atoms with E-state index in [0.717, 1.165) is 0 Å². The van der Waals surface area contributed by atoms with E-state index in [1.54, 1.807) is 20.8 Å². The zero-order valence-corrected chi connectivity index (χ0v) is 14.4. The van der Waals surface area contributed by atoms with E-state index in [4.69, 9.17) is 5.84 Å². The van der Waals surface area contributed by atoms with E-state index < -0.39 is 51.4 Å². The highest BCUT2D eigenvalue weighted by atomic mass is 19.4. The van der Waals surface area contributed by atoms with Crippen molar-refractivity contribution in [1.29, 1.82) is 0 Å². The summed E-state index contributed by atoms with van der Waals surface area (Å²) in [6.07, 6.45) is -5.06. The van der Waals surface area contributed by atoms with E-state index in [1.807, 2.05) is 0 Å². The van der Waals surface area contributed by atoms with Gasteiger partial charge in [0.15, 0.2) is 5.69 Å². The van der Waals surface area contributed by atoms with Crippen molar-refractivity contribution < 1.29 is 22.0 Å². The SMILES string of the molecule is CC(C)(C)C#Cc1c(F)cc(-n2c(=O)cc(C(F)(F)F)n(N)c2=O)cc1F. The van der Waals surface area contributed by atoms with Crippen LogP contribution in [0.15, 0.2) is 27.8 Å². The Hall–Kier alpha value is -3.09. The van der Waals surface area contributed by atoms with Crippen LogP contribution < -0.4 is 17.1 Å². The van der Waals surface area contributed by atoms with Gasteiger partial charge in [0.25, 0.3) is 5.56 Å². The average Bonchev–Trinajstić information content (AvgIpc) is 2.48. The predicted molar refractivity (Wildman–Crippen MR) is 87.7 cm³/mol. The minimum absolute atomic E-state index is 0.0600. The summed E-state index contributed by atoms with van der Waals surface area (Å²) >= 11 is 0. The Labute approximate surface area is 149 Å². The van der Waals surface area contributed by atoms with Crippen molar-refractivity contribution in [2.75, 3.05) is 5.84 Å². The van der Waals surface area contributed by atoms with E-state index >= 15 is 0 Å². The van der Waals surface area contributed by atoms with Gasteiger partial charge in [-0.25, -0.2) is 22.8 Å². The number of alkyl halides is 3. The first-order valence-corrected chi connectivity index (χ1v) is 7.46. The van der Waals surface area contributed by atoms with Gasteiger partial charge in [0, 0.05) is 11.5 Å². The van der Waals surface area contributed by atoms with Crippen LogP contribution in [0.2, 0.25) is 0 Å². The van der Waals surface area contributed by atoms with Gasteiger partial charge >= 0.3 is 11.9 Å². The van der Waals surface area contributed by atoms with Crippen molar-refractivity contribution in [3.05, 3.63) is 61.9 Å². The Morgan fingerprint density at radius 3 is 1.96 bits per heavy atom. The molecule has 2 rings (SSSR count). The normalized spacial score (nSPS) is 11.9. The molecule has 0 saturated heterocycles. The Balaban J connectivity index is 2.71. The van der Waals surface area contributed by atoms with Gasteiger partial charge in [-0.05, 0) is 32.9 Å². The zero-order valence-electron chi connectivity index (χ0n) is 14.4. The molecule has 0 unspecified atom stereocenters. The smallest absolute Gasteiger partial charge is 0.335 e. The van der Waals surface area contributed by atoms with Crippen LogP contribution in [-0.2, 0) is 6.18 Å². The van der Waals surface area contributed by atoms with Gasteiger partial charge in [0.1, 0.15) is 11.6 Å². The van der Waals surface area contributed by atoms with Crippen molar-refractivity contribution in [2.24, 2.45) is 5.41 Å². The van der Waals surface area contributed by atoms with Crippen molar-refractivity contribution in [3.8, 4) is 17.5 Å². The number of hydrogen-bond donors (Lipinski definition) is 1. The van der Waals surface area contributed by atoms with Crippen molar-refractivity contribution in [2.45, 2.75) is 26.9 Å². The van der Waals surface area contributed by atoms with E-state index in [1.165, 1.54) is 0 Å². The molecule has 10 heteroatoms. The van der Waals surface area contributed by atoms with Gasteiger partial charge in [-0.15, -0.1) is 0 Å². The maximum Gasteiger partial charge on any atom is 0.433 e. The van der Waals surface area contributed by atoms with Crippen LogP contribution in [0.3, 0.4) is 0 Å². The number of nitrogens with zero attached hydrogens (tertiary/aromatic N) is 2. The summed E-state index contributed by atoms with van der Waals surface area (Å²) in [5.41, 5.74) is -6.50. The highest BCUT2D eigenvalue weighted by Crippen LogP contribution is 2.26. The lowest BCUT2D eigenvalue weighted by atomic mass is 9.97. The molecule has 0 radical (unpaired) electrons. The van der Waals surface area contributed by atoms with Crippen LogP contribution in [0, 0.1) is 28.9 Å². The number of nitrogen functional groups attached to an aromatic ring is 1. The van der Waals surface area contributed by atoms with Crippen LogP contribution in [0.4, 0.5) is 22.0 Å². The number of aromatic nitrogens is 2. The van der Waals surface area contributed by atoms with Gasteiger partial charge < -0.3 is 5.84 Å². The average molecular weight is 387 g/mol. The van der Waals surface area contributed by atoms with Gasteiger partial charge in [-0.3, -0.25) is 4.79 Å². The molecular weight excluding hydrogens is 373 g/mol. The maximum absolute atomic E-state index is 14.2. The fourth-order valence-corrected chi connectivity index (χ4v) is 2.07. The second-order valence-electron chi connectivity index (χ2n) is 6.64. The third-order valence-corrected chi connectivity index (χ3v) is 3.28. The maximum atomic E-state index is 14.2. The highest BCUT2D eigenvalue weighted by molar-refractivity contribution is 5.45. The number of hydrogen-bond acceptors (Lipinski definition) is 3. The fourth-order valence-electron chi connectivity index (χ4n) is 2.07. The quantitative estimate of drug-likeness (QED) is 0.464. The summed E-state index contributed by atoms with van der Waals surface area (Å²) < 4.78 is 66.6. The van der Waals surface area contributed by atoms with Gasteiger partial charge in [-0.1, -0.05) is 11.8 Å². The second kappa shape index (κ2) is 6.57. The van der Waals surface area contributed by atoms with Crippen LogP contribution in [0.1, 0.15) is 32.0 Å². The topological polar surface area (TPSA) is 70.0 Å². The first kappa shape index (κ1) is 20.2. The number of halogens is 5. The molecule has 0 aliphatic heterocycles. The molecule has 144 valence electrons. The molecule has 0 aliphatic rings. The molecule has 2 aromatic rings. The minimum atomic E-state index is -5.06. The summed E-state index contributed by atoms with van der Waals surface area (Å²) in [4.78, 5) is 24.0. The van der Waals surface area contributed by atoms with Gasteiger partial charge in [-0.2, -0.15) is 13.2 Å². The summed E-state index contributed by atoms with van der Waals surface area (Å²) in [7, 11) is 0. The van der Waals surface area contributed by atoms with Crippen LogP contribution >= 0.6 is 0 Å². The van der Waals surface area contributed by atoms with E-state index in [-0.39, 0.29) is 15.3 Å². The fraction of sp³-hybridized carbons (Fsp3) is 0.294. The molecule has 0 amide bonds. The number of benzene rings is 1. The lowest BCUT2D eigenvalue weighted by Gasteiger charge is -2.14. The van der Waals surface area contributed by atoms with Gasteiger partial charge in [0.2, 0.25) is 0 Å². The third-order valence-electron chi connectivity index (χ3n) is 3.28. The van der Waals surface area contributed by atoms with E-state index in [0.29, 0.717) is 12.1 Å². The summed E-state index contributed by atoms with van der Waals surface area (Å²) in [5.74, 6) is 7.68. The number of nitrogens with two attached hydrogens (primary N) is 1. The van der Waals surface area contributed by atoms with Crippen molar-refractivity contribution in [1.82, 2.24) is 9.24 Å². The molecule has 0 fully saturated rings.